The van der Waals surface area contributed by atoms with Crippen LogP contribution in [0.25, 0.3) is 0 Å². The minimum Gasteiger partial charge on any atom is -0.370 e. The van der Waals surface area contributed by atoms with Crippen LogP contribution in [-0.4, -0.2) is 38.3 Å². The quantitative estimate of drug-likeness (QED) is 0.870. The predicted molar refractivity (Wildman–Crippen MR) is 89.8 cm³/mol. The highest BCUT2D eigenvalue weighted by atomic mass is 32.1. The van der Waals surface area contributed by atoms with Gasteiger partial charge in [-0.1, -0.05) is 12.1 Å². The SMILES string of the molecule is CC(NC(=O)c1cccs1)C(c1cccs1)[NH+]1CCOCC1. The Kier molecular flexibility index (Phi) is 5.25. The van der Waals surface area contributed by atoms with Gasteiger partial charge in [-0.15, -0.1) is 22.7 Å². The molecule has 2 N–H and O–H groups in total. The second kappa shape index (κ2) is 7.37. The summed E-state index contributed by atoms with van der Waals surface area (Å²) in [6, 6.07) is 8.41. The third-order valence-electron chi connectivity index (χ3n) is 4.03. The highest BCUT2D eigenvalue weighted by Crippen LogP contribution is 2.20. The molecule has 22 heavy (non-hydrogen) atoms. The largest absolute Gasteiger partial charge is 0.370 e. The number of nitrogens with one attached hydrogen (secondary N) is 2. The number of rotatable bonds is 5. The lowest BCUT2D eigenvalue weighted by Crippen LogP contribution is -3.15. The summed E-state index contributed by atoms with van der Waals surface area (Å²) < 4.78 is 5.48. The van der Waals surface area contributed by atoms with E-state index in [9.17, 15) is 4.79 Å². The van der Waals surface area contributed by atoms with Crippen molar-refractivity contribution in [3.8, 4) is 0 Å². The van der Waals surface area contributed by atoms with Gasteiger partial charge in [-0.25, -0.2) is 0 Å². The minimum absolute atomic E-state index is 0.0247. The molecule has 1 saturated heterocycles. The van der Waals surface area contributed by atoms with Gasteiger partial charge < -0.3 is 15.0 Å². The fourth-order valence-electron chi connectivity index (χ4n) is 2.98. The number of ether oxygens (including phenoxy) is 1. The summed E-state index contributed by atoms with van der Waals surface area (Å²) in [7, 11) is 0. The molecule has 2 aromatic rings. The summed E-state index contributed by atoms with van der Waals surface area (Å²) in [5.41, 5.74) is 0. The van der Waals surface area contributed by atoms with Gasteiger partial charge >= 0.3 is 0 Å². The maximum Gasteiger partial charge on any atom is 0.261 e. The monoisotopic (exact) mass is 337 g/mol. The lowest BCUT2D eigenvalue weighted by molar-refractivity contribution is -0.939. The number of carbonyl (C=O) groups excluding carboxylic acids is 1. The van der Waals surface area contributed by atoms with Crippen LogP contribution in [0.1, 0.15) is 27.5 Å². The van der Waals surface area contributed by atoms with Crippen molar-refractivity contribution in [2.45, 2.75) is 19.0 Å². The Morgan fingerprint density at radius 1 is 1.23 bits per heavy atom. The van der Waals surface area contributed by atoms with E-state index in [0.29, 0.717) is 0 Å². The van der Waals surface area contributed by atoms with Gasteiger partial charge in [-0.05, 0) is 29.8 Å². The molecule has 1 fully saturated rings. The molecule has 2 aromatic heterocycles. The van der Waals surface area contributed by atoms with Crippen molar-refractivity contribution in [3.05, 3.63) is 44.8 Å². The molecule has 3 rings (SSSR count). The summed E-state index contributed by atoms with van der Waals surface area (Å²) in [5.74, 6) is 0.0247. The fourth-order valence-corrected chi connectivity index (χ4v) is 4.60. The zero-order valence-electron chi connectivity index (χ0n) is 12.6. The van der Waals surface area contributed by atoms with Gasteiger partial charge in [0.05, 0.1) is 29.0 Å². The number of carbonyl (C=O) groups is 1. The van der Waals surface area contributed by atoms with Gasteiger partial charge in [0.2, 0.25) is 0 Å². The van der Waals surface area contributed by atoms with Crippen LogP contribution in [0.3, 0.4) is 0 Å². The van der Waals surface area contributed by atoms with E-state index < -0.39 is 0 Å². The summed E-state index contributed by atoms with van der Waals surface area (Å²) in [4.78, 5) is 15.9. The van der Waals surface area contributed by atoms with E-state index in [1.165, 1.54) is 21.1 Å². The normalized spacial score (nSPS) is 18.8. The van der Waals surface area contributed by atoms with E-state index >= 15 is 0 Å². The molecule has 1 amide bonds. The van der Waals surface area contributed by atoms with Crippen molar-refractivity contribution in [3.63, 3.8) is 0 Å². The molecule has 0 spiro atoms. The van der Waals surface area contributed by atoms with Crippen LogP contribution in [-0.2, 0) is 4.74 Å². The highest BCUT2D eigenvalue weighted by molar-refractivity contribution is 7.12. The minimum atomic E-state index is 0.0247. The van der Waals surface area contributed by atoms with E-state index in [0.717, 1.165) is 31.2 Å². The molecule has 1 aliphatic rings. The lowest BCUT2D eigenvalue weighted by Gasteiger charge is -2.34. The Morgan fingerprint density at radius 3 is 2.59 bits per heavy atom. The Bertz CT molecular complexity index is 577. The van der Waals surface area contributed by atoms with Crippen LogP contribution in [0.2, 0.25) is 0 Å². The van der Waals surface area contributed by atoms with Gasteiger partial charge in [0.15, 0.2) is 0 Å². The molecule has 1 aliphatic heterocycles. The summed E-state index contributed by atoms with van der Waals surface area (Å²) in [6.07, 6.45) is 0. The van der Waals surface area contributed by atoms with Gasteiger partial charge in [-0.2, -0.15) is 0 Å². The summed E-state index contributed by atoms with van der Waals surface area (Å²) in [5, 5.41) is 7.23. The number of thiophene rings is 2. The number of amides is 1. The van der Waals surface area contributed by atoms with Crippen molar-refractivity contribution >= 4 is 28.6 Å². The fraction of sp³-hybridized carbons (Fsp3) is 0.438. The van der Waals surface area contributed by atoms with E-state index in [1.54, 1.807) is 11.3 Å². The maximum absolute atomic E-state index is 12.3. The van der Waals surface area contributed by atoms with Crippen molar-refractivity contribution in [2.75, 3.05) is 26.3 Å². The van der Waals surface area contributed by atoms with E-state index in [4.69, 9.17) is 4.74 Å². The maximum atomic E-state index is 12.3. The number of hydrogen-bond donors (Lipinski definition) is 2. The molecule has 0 radical (unpaired) electrons. The molecule has 6 heteroatoms. The molecule has 118 valence electrons. The van der Waals surface area contributed by atoms with Gasteiger partial charge in [0.25, 0.3) is 5.91 Å². The Balaban J connectivity index is 1.74. The zero-order valence-corrected chi connectivity index (χ0v) is 14.2. The second-order valence-electron chi connectivity index (χ2n) is 5.50. The van der Waals surface area contributed by atoms with Crippen molar-refractivity contribution in [1.29, 1.82) is 0 Å². The van der Waals surface area contributed by atoms with Crippen LogP contribution < -0.4 is 10.2 Å². The smallest absolute Gasteiger partial charge is 0.261 e. The highest BCUT2D eigenvalue weighted by Gasteiger charge is 2.33. The van der Waals surface area contributed by atoms with Gasteiger partial charge in [0.1, 0.15) is 19.1 Å². The molecular weight excluding hydrogens is 316 g/mol. The molecule has 0 aromatic carbocycles. The van der Waals surface area contributed by atoms with Crippen LogP contribution in [0.4, 0.5) is 0 Å². The Morgan fingerprint density at radius 2 is 1.95 bits per heavy atom. The molecule has 2 atom stereocenters. The Labute approximate surface area is 138 Å². The van der Waals surface area contributed by atoms with Crippen molar-refractivity contribution in [2.24, 2.45) is 0 Å². The van der Waals surface area contributed by atoms with Gasteiger partial charge in [-0.3, -0.25) is 4.79 Å². The molecule has 0 saturated carbocycles. The first-order valence-electron chi connectivity index (χ1n) is 7.56. The Hall–Kier alpha value is -1.21. The lowest BCUT2D eigenvalue weighted by atomic mass is 10.1. The topological polar surface area (TPSA) is 42.8 Å². The van der Waals surface area contributed by atoms with Crippen LogP contribution in [0, 0.1) is 0 Å². The van der Waals surface area contributed by atoms with E-state index in [2.05, 4.69) is 29.8 Å². The zero-order chi connectivity index (χ0) is 15.4. The van der Waals surface area contributed by atoms with Crippen LogP contribution in [0.5, 0.6) is 0 Å². The first kappa shape index (κ1) is 15.7. The first-order valence-corrected chi connectivity index (χ1v) is 9.31. The molecule has 0 bridgehead atoms. The average molecular weight is 337 g/mol. The van der Waals surface area contributed by atoms with Gasteiger partial charge in [0, 0.05) is 0 Å². The molecule has 2 unspecified atom stereocenters. The van der Waals surface area contributed by atoms with E-state index in [1.807, 2.05) is 17.5 Å². The summed E-state index contributed by atoms with van der Waals surface area (Å²) >= 11 is 3.25. The second-order valence-corrected chi connectivity index (χ2v) is 7.43. The van der Waals surface area contributed by atoms with Crippen LogP contribution in [0.15, 0.2) is 35.0 Å². The first-order chi connectivity index (χ1) is 10.8. The van der Waals surface area contributed by atoms with Crippen molar-refractivity contribution in [1.82, 2.24) is 5.32 Å². The van der Waals surface area contributed by atoms with E-state index in [-0.39, 0.29) is 18.0 Å². The number of quaternary nitrogens is 1. The summed E-state index contributed by atoms with van der Waals surface area (Å²) in [6.45, 7) is 5.67. The third kappa shape index (κ3) is 3.57. The molecular formula is C16H21N2O2S2+. The predicted octanol–water partition coefficient (Wildman–Crippen LogP) is 1.58. The van der Waals surface area contributed by atoms with Crippen molar-refractivity contribution < 1.29 is 14.4 Å². The molecule has 4 nitrogen and oxygen atoms in total. The van der Waals surface area contributed by atoms with Crippen LogP contribution >= 0.6 is 22.7 Å². The number of morpholine rings is 1. The number of hydrogen-bond acceptors (Lipinski definition) is 4. The molecule has 0 aliphatic carbocycles. The third-order valence-corrected chi connectivity index (χ3v) is 5.85. The molecule has 3 heterocycles. The standard InChI is InChI=1S/C16H20N2O2S2/c1-12(17-16(19)14-5-3-11-22-14)15(13-4-2-10-21-13)18-6-8-20-9-7-18/h2-5,10-12,15H,6-9H2,1H3,(H,17,19)/p+1. The average Bonchev–Trinajstić information content (AvgIpc) is 3.22.